The Labute approximate surface area is 212 Å². The summed E-state index contributed by atoms with van der Waals surface area (Å²) in [7, 11) is 0. The fraction of sp³-hybridized carbons (Fsp3) is 0.552. The highest BCUT2D eigenvalue weighted by Crippen LogP contribution is 2.65. The standard InChI is InChI=1S/C29H35N5O2/c1-28-12-10-22-20(7-9-24-29(22,2)13-11-26(35)33-24)21(28)8-6-19(28)14-27(36)34-25-5-3-4-23(32-25)18-15-30-17-31-16-18/h3-5,11,13,15-17,19-22,24H,6-10,12,14H2,1-2H3,(H,33,35)(H,32,34,36)/t19-,20+,21+,22+,24-,28-,29-/m1/s1. The van der Waals surface area contributed by atoms with Gasteiger partial charge >= 0.3 is 0 Å². The Hall–Kier alpha value is -3.09. The van der Waals surface area contributed by atoms with Crippen LogP contribution in [0.4, 0.5) is 5.82 Å². The van der Waals surface area contributed by atoms with Gasteiger partial charge in [0.1, 0.15) is 12.1 Å². The Morgan fingerprint density at radius 2 is 1.92 bits per heavy atom. The highest BCUT2D eigenvalue weighted by atomic mass is 16.2. The van der Waals surface area contributed by atoms with Crippen LogP contribution in [0.15, 0.2) is 49.1 Å². The molecule has 6 rings (SSSR count). The molecule has 0 spiro atoms. The molecular weight excluding hydrogens is 450 g/mol. The minimum atomic E-state index is 0.0477. The molecule has 7 heteroatoms. The molecule has 3 saturated carbocycles. The molecule has 7 atom stereocenters. The molecule has 3 aliphatic carbocycles. The second-order valence-electron chi connectivity index (χ2n) is 11.8. The van der Waals surface area contributed by atoms with Crippen molar-refractivity contribution in [2.24, 2.45) is 34.5 Å². The molecule has 4 aliphatic rings. The average molecular weight is 486 g/mol. The van der Waals surface area contributed by atoms with Crippen LogP contribution in [0.2, 0.25) is 0 Å². The van der Waals surface area contributed by atoms with Crippen molar-refractivity contribution in [3.63, 3.8) is 0 Å². The summed E-state index contributed by atoms with van der Waals surface area (Å²) < 4.78 is 0. The smallest absolute Gasteiger partial charge is 0.243 e. The van der Waals surface area contributed by atoms with Crippen LogP contribution in [-0.2, 0) is 9.59 Å². The molecule has 0 radical (unpaired) electrons. The maximum absolute atomic E-state index is 13.2. The third-order valence-corrected chi connectivity index (χ3v) is 10.2. The second kappa shape index (κ2) is 8.79. The number of nitrogens with zero attached hydrogens (tertiary/aromatic N) is 3. The van der Waals surface area contributed by atoms with E-state index in [-0.39, 0.29) is 28.7 Å². The maximum atomic E-state index is 13.2. The van der Waals surface area contributed by atoms with Crippen LogP contribution in [-0.4, -0.2) is 32.8 Å². The lowest BCUT2D eigenvalue weighted by molar-refractivity contribution is -0.123. The van der Waals surface area contributed by atoms with Crippen molar-refractivity contribution >= 4 is 17.6 Å². The van der Waals surface area contributed by atoms with E-state index in [1.807, 2.05) is 18.2 Å². The van der Waals surface area contributed by atoms with Gasteiger partial charge in [-0.05, 0) is 85.8 Å². The number of carbonyl (C=O) groups is 2. The summed E-state index contributed by atoms with van der Waals surface area (Å²) in [6, 6.07) is 5.90. The molecule has 3 heterocycles. The minimum absolute atomic E-state index is 0.0477. The molecule has 0 unspecified atom stereocenters. The lowest BCUT2D eigenvalue weighted by Gasteiger charge is -2.59. The van der Waals surface area contributed by atoms with E-state index < -0.39 is 0 Å². The zero-order valence-corrected chi connectivity index (χ0v) is 21.1. The molecule has 0 saturated heterocycles. The van der Waals surface area contributed by atoms with E-state index in [1.54, 1.807) is 18.5 Å². The van der Waals surface area contributed by atoms with Gasteiger partial charge in [0.15, 0.2) is 0 Å². The molecule has 3 fully saturated rings. The van der Waals surface area contributed by atoms with Crippen LogP contribution >= 0.6 is 0 Å². The van der Waals surface area contributed by atoms with E-state index in [1.165, 1.54) is 25.6 Å². The number of rotatable bonds is 4. The first-order valence-electron chi connectivity index (χ1n) is 13.4. The molecular formula is C29H35N5O2. The van der Waals surface area contributed by atoms with E-state index in [2.05, 4.69) is 45.5 Å². The van der Waals surface area contributed by atoms with Gasteiger partial charge in [-0.3, -0.25) is 9.59 Å². The molecule has 0 bridgehead atoms. The van der Waals surface area contributed by atoms with Crippen LogP contribution in [0.5, 0.6) is 0 Å². The number of carbonyl (C=O) groups excluding carboxylic acids is 2. The minimum Gasteiger partial charge on any atom is -0.349 e. The predicted octanol–water partition coefficient (Wildman–Crippen LogP) is 4.78. The summed E-state index contributed by atoms with van der Waals surface area (Å²) in [5.74, 6) is 2.99. The van der Waals surface area contributed by atoms with Gasteiger partial charge in [-0.15, -0.1) is 0 Å². The third-order valence-electron chi connectivity index (χ3n) is 10.2. The lowest BCUT2D eigenvalue weighted by Crippen LogP contribution is -2.59. The number of aromatic nitrogens is 3. The number of amides is 2. The molecule has 2 aromatic heterocycles. The van der Waals surface area contributed by atoms with Gasteiger partial charge < -0.3 is 10.6 Å². The second-order valence-corrected chi connectivity index (χ2v) is 11.8. The largest absolute Gasteiger partial charge is 0.349 e. The summed E-state index contributed by atoms with van der Waals surface area (Å²) in [6.07, 6.45) is 16.3. The van der Waals surface area contributed by atoms with Gasteiger partial charge in [0.25, 0.3) is 0 Å². The topological polar surface area (TPSA) is 96.9 Å². The molecule has 2 N–H and O–H groups in total. The number of pyridine rings is 1. The van der Waals surface area contributed by atoms with E-state index in [0.29, 0.717) is 35.9 Å². The van der Waals surface area contributed by atoms with E-state index in [9.17, 15) is 9.59 Å². The Balaban J connectivity index is 1.14. The Bertz CT molecular complexity index is 1200. The number of hydrogen-bond donors (Lipinski definition) is 2. The Morgan fingerprint density at radius 1 is 1.08 bits per heavy atom. The van der Waals surface area contributed by atoms with Crippen LogP contribution in [0, 0.1) is 34.5 Å². The van der Waals surface area contributed by atoms with Gasteiger partial charge in [0.2, 0.25) is 11.8 Å². The first kappa shape index (κ1) is 23.3. The van der Waals surface area contributed by atoms with Crippen molar-refractivity contribution in [1.82, 2.24) is 20.3 Å². The van der Waals surface area contributed by atoms with Gasteiger partial charge in [0.05, 0.1) is 5.69 Å². The summed E-state index contributed by atoms with van der Waals surface area (Å²) in [6.45, 7) is 4.80. The van der Waals surface area contributed by atoms with Crippen molar-refractivity contribution in [1.29, 1.82) is 0 Å². The molecule has 36 heavy (non-hydrogen) atoms. The van der Waals surface area contributed by atoms with Crippen molar-refractivity contribution < 1.29 is 9.59 Å². The molecule has 7 nitrogen and oxygen atoms in total. The highest BCUT2D eigenvalue weighted by molar-refractivity contribution is 5.90. The molecule has 2 amide bonds. The van der Waals surface area contributed by atoms with Crippen molar-refractivity contribution in [2.75, 3.05) is 5.32 Å². The van der Waals surface area contributed by atoms with Crippen LogP contribution in [0.25, 0.3) is 11.3 Å². The number of fused-ring (bicyclic) bond motifs is 5. The van der Waals surface area contributed by atoms with Crippen LogP contribution < -0.4 is 10.6 Å². The quantitative estimate of drug-likeness (QED) is 0.650. The summed E-state index contributed by atoms with van der Waals surface area (Å²) >= 11 is 0. The van der Waals surface area contributed by atoms with Gasteiger partial charge in [-0.1, -0.05) is 26.0 Å². The normalized spacial score (nSPS) is 36.8. The van der Waals surface area contributed by atoms with E-state index in [4.69, 9.17) is 0 Å². The van der Waals surface area contributed by atoms with E-state index >= 15 is 0 Å². The first-order valence-corrected chi connectivity index (χ1v) is 13.4. The van der Waals surface area contributed by atoms with Crippen molar-refractivity contribution in [3.05, 3.63) is 49.1 Å². The molecule has 2 aromatic rings. The van der Waals surface area contributed by atoms with Gasteiger partial charge in [0, 0.05) is 35.8 Å². The molecule has 0 aromatic carbocycles. The zero-order chi connectivity index (χ0) is 24.9. The number of nitrogens with one attached hydrogen (secondary N) is 2. The average Bonchev–Trinajstić information content (AvgIpc) is 3.21. The maximum Gasteiger partial charge on any atom is 0.243 e. The fourth-order valence-electron chi connectivity index (χ4n) is 8.29. The van der Waals surface area contributed by atoms with Gasteiger partial charge in [-0.25, -0.2) is 15.0 Å². The fourth-order valence-corrected chi connectivity index (χ4v) is 8.29. The zero-order valence-electron chi connectivity index (χ0n) is 21.1. The molecule has 1 aliphatic heterocycles. The summed E-state index contributed by atoms with van der Waals surface area (Å²) in [4.78, 5) is 37.9. The Kier molecular flexibility index (Phi) is 5.69. The number of anilines is 1. The van der Waals surface area contributed by atoms with Crippen molar-refractivity contribution in [3.8, 4) is 11.3 Å². The predicted molar refractivity (Wildman–Crippen MR) is 137 cm³/mol. The van der Waals surface area contributed by atoms with Crippen LogP contribution in [0.3, 0.4) is 0 Å². The van der Waals surface area contributed by atoms with E-state index in [0.717, 1.165) is 30.5 Å². The molecule has 188 valence electrons. The Morgan fingerprint density at radius 3 is 2.75 bits per heavy atom. The van der Waals surface area contributed by atoms with Crippen LogP contribution in [0.1, 0.15) is 58.8 Å². The summed E-state index contributed by atoms with van der Waals surface area (Å²) in [5.41, 5.74) is 1.82. The third kappa shape index (κ3) is 3.84. The summed E-state index contributed by atoms with van der Waals surface area (Å²) in [5, 5.41) is 6.30. The monoisotopic (exact) mass is 485 g/mol. The van der Waals surface area contributed by atoms with Gasteiger partial charge in [-0.2, -0.15) is 0 Å². The first-order chi connectivity index (χ1) is 17.4. The van der Waals surface area contributed by atoms with Crippen molar-refractivity contribution in [2.45, 2.75) is 64.8 Å². The highest BCUT2D eigenvalue weighted by Gasteiger charge is 2.59. The number of hydrogen-bond acceptors (Lipinski definition) is 5. The SMILES string of the molecule is C[C@]12C=CC(=O)N[C@@H]1CC[C@@H]1[C@@H]2CC[C@]2(C)[C@@H](CC(=O)Nc3cccc(-c4cncnc4)n3)CC[C@@H]12. The lowest BCUT2D eigenvalue weighted by atomic mass is 9.48.